The molecule has 0 spiro atoms. The van der Waals surface area contributed by atoms with Crippen molar-refractivity contribution in [3.8, 4) is 11.5 Å². The van der Waals surface area contributed by atoms with Crippen molar-refractivity contribution in [3.05, 3.63) is 35.9 Å². The molecular weight excluding hydrogens is 410 g/mol. The van der Waals surface area contributed by atoms with E-state index < -0.39 is 11.6 Å². The lowest BCUT2D eigenvalue weighted by atomic mass is 9.79. The normalized spacial score (nSPS) is 22.1. The quantitative estimate of drug-likeness (QED) is 0.517. The van der Waals surface area contributed by atoms with E-state index in [4.69, 9.17) is 9.47 Å². The Bertz CT molecular complexity index is 905. The third kappa shape index (κ3) is 4.59. The van der Waals surface area contributed by atoms with Crippen LogP contribution in [0.2, 0.25) is 0 Å². The summed E-state index contributed by atoms with van der Waals surface area (Å²) in [6.45, 7) is 7.06. The molecule has 3 rings (SSSR count). The lowest BCUT2D eigenvalue weighted by molar-refractivity contribution is -0.134. The zero-order chi connectivity index (χ0) is 23.5. The topological polar surface area (TPSA) is 88.2 Å². The molecule has 8 nitrogen and oxygen atoms in total. The Balaban J connectivity index is 1.70. The van der Waals surface area contributed by atoms with Crippen molar-refractivity contribution >= 4 is 17.8 Å². The molecule has 2 heterocycles. The summed E-state index contributed by atoms with van der Waals surface area (Å²) in [6, 6.07) is 4.96. The molecule has 2 aliphatic heterocycles. The van der Waals surface area contributed by atoms with Gasteiger partial charge in [0.1, 0.15) is 5.54 Å². The fraction of sp³-hybridized carbons (Fsp3) is 0.542. The van der Waals surface area contributed by atoms with Gasteiger partial charge in [-0.1, -0.05) is 32.1 Å². The van der Waals surface area contributed by atoms with Gasteiger partial charge >= 0.3 is 6.03 Å². The number of urea groups is 1. The summed E-state index contributed by atoms with van der Waals surface area (Å²) in [6.07, 6.45) is 4.82. The van der Waals surface area contributed by atoms with Crippen LogP contribution in [0.4, 0.5) is 4.79 Å². The number of nitrogens with one attached hydrogen (secondary N) is 1. The average molecular weight is 444 g/mol. The first-order chi connectivity index (χ1) is 15.2. The van der Waals surface area contributed by atoms with Crippen molar-refractivity contribution in [2.75, 3.05) is 27.3 Å². The minimum absolute atomic E-state index is 0.00386. The molecule has 0 unspecified atom stereocenters. The van der Waals surface area contributed by atoms with Gasteiger partial charge in [-0.25, -0.2) is 4.79 Å². The van der Waals surface area contributed by atoms with Crippen molar-refractivity contribution in [1.29, 1.82) is 0 Å². The second-order valence-electron chi connectivity index (χ2n) is 8.88. The molecule has 2 fully saturated rings. The van der Waals surface area contributed by atoms with Crippen LogP contribution in [0.15, 0.2) is 30.4 Å². The van der Waals surface area contributed by atoms with Crippen LogP contribution in [0, 0.1) is 11.8 Å². The number of benzene rings is 1. The van der Waals surface area contributed by atoms with Crippen molar-refractivity contribution in [3.63, 3.8) is 0 Å². The van der Waals surface area contributed by atoms with Crippen LogP contribution in [0.3, 0.4) is 0 Å². The zero-order valence-corrected chi connectivity index (χ0v) is 19.5. The molecule has 0 aliphatic carbocycles. The number of piperidine rings is 1. The van der Waals surface area contributed by atoms with Gasteiger partial charge in [0.15, 0.2) is 11.5 Å². The van der Waals surface area contributed by atoms with Crippen LogP contribution >= 0.6 is 0 Å². The molecule has 0 radical (unpaired) electrons. The highest BCUT2D eigenvalue weighted by Crippen LogP contribution is 2.36. The first-order valence-electron chi connectivity index (χ1n) is 11.0. The summed E-state index contributed by atoms with van der Waals surface area (Å²) in [7, 11) is 3.07. The number of ether oxygens (including phenoxy) is 2. The fourth-order valence-electron chi connectivity index (χ4n) is 4.44. The minimum atomic E-state index is -0.994. The van der Waals surface area contributed by atoms with E-state index in [1.165, 1.54) is 12.0 Å². The Morgan fingerprint density at radius 2 is 1.91 bits per heavy atom. The molecule has 1 N–H and O–H groups in total. The van der Waals surface area contributed by atoms with Gasteiger partial charge in [0, 0.05) is 18.7 Å². The molecule has 174 valence electrons. The Morgan fingerprint density at radius 1 is 1.22 bits per heavy atom. The summed E-state index contributed by atoms with van der Waals surface area (Å²) in [4.78, 5) is 41.5. The first-order valence-corrected chi connectivity index (χ1v) is 11.0. The first kappa shape index (κ1) is 23.6. The number of methoxy groups -OCH3 is 2. The summed E-state index contributed by atoms with van der Waals surface area (Å²) in [5.41, 5.74) is -0.302. The molecular formula is C24H33N3O5. The standard InChI is InChI=1S/C24H33N3O5/c1-16(2)9-10-20(28)26-13-11-18(12-14-26)24(3)22(29)27(23(30)25-24)15-17-7-6-8-19(31-4)21(17)32-5/h6-10,16,18H,11-15H2,1-5H3,(H,25,30)/b10-9+/t24-/m1/s1. The van der Waals surface area contributed by atoms with E-state index in [9.17, 15) is 14.4 Å². The van der Waals surface area contributed by atoms with Crippen molar-refractivity contribution in [2.45, 2.75) is 45.7 Å². The van der Waals surface area contributed by atoms with Crippen LogP contribution < -0.4 is 14.8 Å². The highest BCUT2D eigenvalue weighted by Gasteiger charge is 2.53. The number of carbonyl (C=O) groups excluding carboxylic acids is 3. The summed E-state index contributed by atoms with van der Waals surface area (Å²) >= 11 is 0. The van der Waals surface area contributed by atoms with Crippen LogP contribution in [-0.2, 0) is 16.1 Å². The maximum absolute atomic E-state index is 13.4. The number of hydrogen-bond donors (Lipinski definition) is 1. The van der Waals surface area contributed by atoms with E-state index in [0.29, 0.717) is 48.9 Å². The summed E-state index contributed by atoms with van der Waals surface area (Å²) < 4.78 is 10.8. The molecule has 0 bridgehead atoms. The lowest BCUT2D eigenvalue weighted by Crippen LogP contribution is -2.54. The highest BCUT2D eigenvalue weighted by molar-refractivity contribution is 6.07. The number of para-hydroxylation sites is 1. The van der Waals surface area contributed by atoms with E-state index in [2.05, 4.69) is 5.32 Å². The Morgan fingerprint density at radius 3 is 2.50 bits per heavy atom. The van der Waals surface area contributed by atoms with Crippen molar-refractivity contribution < 1.29 is 23.9 Å². The molecule has 8 heteroatoms. The van der Waals surface area contributed by atoms with E-state index in [1.807, 2.05) is 26.0 Å². The van der Waals surface area contributed by atoms with Gasteiger partial charge in [0.05, 0.1) is 20.8 Å². The number of carbonyl (C=O) groups is 3. The average Bonchev–Trinajstić information content (AvgIpc) is 3.01. The number of allylic oxidation sites excluding steroid dienone is 1. The zero-order valence-electron chi connectivity index (χ0n) is 19.5. The number of hydrogen-bond acceptors (Lipinski definition) is 5. The maximum Gasteiger partial charge on any atom is 0.325 e. The fourth-order valence-corrected chi connectivity index (χ4v) is 4.44. The second-order valence-corrected chi connectivity index (χ2v) is 8.88. The predicted octanol–water partition coefficient (Wildman–Crippen LogP) is 2.97. The lowest BCUT2D eigenvalue weighted by Gasteiger charge is -2.38. The second kappa shape index (κ2) is 9.63. The summed E-state index contributed by atoms with van der Waals surface area (Å²) in [5.74, 6) is 1.06. The minimum Gasteiger partial charge on any atom is -0.493 e. The molecule has 1 aromatic rings. The van der Waals surface area contributed by atoms with Crippen LogP contribution in [0.5, 0.6) is 11.5 Å². The van der Waals surface area contributed by atoms with Crippen LogP contribution in [-0.4, -0.2) is 60.5 Å². The molecule has 2 aliphatic rings. The van der Waals surface area contributed by atoms with Gasteiger partial charge < -0.3 is 19.7 Å². The van der Waals surface area contributed by atoms with Gasteiger partial charge in [-0.05, 0) is 43.7 Å². The van der Waals surface area contributed by atoms with Gasteiger partial charge in [0.2, 0.25) is 5.91 Å². The Labute approximate surface area is 189 Å². The molecule has 0 aromatic heterocycles. The van der Waals surface area contributed by atoms with Crippen LogP contribution in [0.1, 0.15) is 39.2 Å². The van der Waals surface area contributed by atoms with Gasteiger partial charge in [-0.15, -0.1) is 0 Å². The smallest absolute Gasteiger partial charge is 0.325 e. The van der Waals surface area contributed by atoms with Crippen LogP contribution in [0.25, 0.3) is 0 Å². The molecule has 0 saturated carbocycles. The largest absolute Gasteiger partial charge is 0.493 e. The van der Waals surface area contributed by atoms with E-state index in [-0.39, 0.29) is 24.3 Å². The number of rotatable bonds is 7. The highest BCUT2D eigenvalue weighted by atomic mass is 16.5. The van der Waals surface area contributed by atoms with Gasteiger partial charge in [0.25, 0.3) is 5.91 Å². The Kier molecular flexibility index (Phi) is 7.11. The number of imide groups is 1. The Hall–Kier alpha value is -3.03. The maximum atomic E-state index is 13.4. The SMILES string of the molecule is COc1cccc(CN2C(=O)N[C@](C)(C3CCN(C(=O)/C=C/C(C)C)CC3)C2=O)c1OC. The van der Waals surface area contributed by atoms with Gasteiger partial charge in [-0.2, -0.15) is 0 Å². The third-order valence-corrected chi connectivity index (χ3v) is 6.36. The number of nitrogens with zero attached hydrogens (tertiary/aromatic N) is 2. The van der Waals surface area contributed by atoms with Gasteiger partial charge in [-0.3, -0.25) is 14.5 Å². The van der Waals surface area contributed by atoms with E-state index in [0.717, 1.165) is 0 Å². The molecule has 2 saturated heterocycles. The molecule has 1 aromatic carbocycles. The molecule has 32 heavy (non-hydrogen) atoms. The predicted molar refractivity (Wildman–Crippen MR) is 120 cm³/mol. The number of likely N-dealkylation sites (tertiary alicyclic amines) is 1. The van der Waals surface area contributed by atoms with E-state index in [1.54, 1.807) is 37.1 Å². The summed E-state index contributed by atoms with van der Waals surface area (Å²) in [5, 5.41) is 2.92. The van der Waals surface area contributed by atoms with Crippen molar-refractivity contribution in [2.24, 2.45) is 11.8 Å². The molecule has 4 amide bonds. The monoisotopic (exact) mass is 443 g/mol. The van der Waals surface area contributed by atoms with Crippen molar-refractivity contribution in [1.82, 2.24) is 15.1 Å². The third-order valence-electron chi connectivity index (χ3n) is 6.36. The number of amides is 4. The molecule has 1 atom stereocenters. The van der Waals surface area contributed by atoms with E-state index >= 15 is 0 Å².